The number of carbonyl (C=O) groups is 1. The molecular weight excluding hydrogens is 396 g/mol. The van der Waals surface area contributed by atoms with E-state index in [1.54, 1.807) is 25.8 Å². The number of nitrogens with zero attached hydrogens (tertiary/aromatic N) is 2. The molecule has 5 rings (SSSR count). The van der Waals surface area contributed by atoms with Crippen LogP contribution in [0.4, 0.5) is 0 Å². The van der Waals surface area contributed by atoms with Gasteiger partial charge in [0.1, 0.15) is 17.2 Å². The van der Waals surface area contributed by atoms with Crippen molar-refractivity contribution in [2.24, 2.45) is 14.1 Å². The van der Waals surface area contributed by atoms with E-state index in [2.05, 4.69) is 0 Å². The van der Waals surface area contributed by atoms with Gasteiger partial charge in [0, 0.05) is 49.1 Å². The Hall–Kier alpha value is -3.74. The number of esters is 1. The van der Waals surface area contributed by atoms with Crippen molar-refractivity contribution in [2.45, 2.75) is 12.3 Å². The molecule has 0 spiro atoms. The van der Waals surface area contributed by atoms with Gasteiger partial charge >= 0.3 is 5.97 Å². The minimum absolute atomic E-state index is 0.0783. The van der Waals surface area contributed by atoms with E-state index in [9.17, 15) is 9.59 Å². The molecule has 2 aromatic carbocycles. The molecule has 2 aromatic heterocycles. The highest BCUT2D eigenvalue weighted by Gasteiger charge is 2.35. The molecule has 0 N–H and O–H groups in total. The van der Waals surface area contributed by atoms with Crippen LogP contribution in [0.15, 0.2) is 47.4 Å². The van der Waals surface area contributed by atoms with E-state index in [0.29, 0.717) is 22.8 Å². The number of pyridine rings is 1. The summed E-state index contributed by atoms with van der Waals surface area (Å²) in [6.45, 7) is 0. The van der Waals surface area contributed by atoms with Crippen LogP contribution >= 0.6 is 0 Å². The largest absolute Gasteiger partial charge is 0.497 e. The second kappa shape index (κ2) is 6.91. The standard InChI is InChI=1S/C24H22N2O5/c1-25-12-16(21-18(25)9-13(29-3)10-19(21)30-4)15-11-20(27)31-23-14-7-5-6-8-17(14)26(2)24(28)22(15)23/h5-10,12,15H,11H2,1-4H3/t15-/m1/s1. The first-order valence-corrected chi connectivity index (χ1v) is 9.97. The Kier molecular flexibility index (Phi) is 4.28. The van der Waals surface area contributed by atoms with Gasteiger partial charge in [-0.15, -0.1) is 0 Å². The van der Waals surface area contributed by atoms with Gasteiger partial charge in [-0.2, -0.15) is 0 Å². The fourth-order valence-electron chi connectivity index (χ4n) is 4.63. The van der Waals surface area contributed by atoms with Crippen LogP contribution in [-0.2, 0) is 18.9 Å². The van der Waals surface area contributed by atoms with E-state index in [0.717, 1.165) is 27.4 Å². The third kappa shape index (κ3) is 2.73. The lowest BCUT2D eigenvalue weighted by molar-refractivity contribution is -0.135. The van der Waals surface area contributed by atoms with Crippen molar-refractivity contribution < 1.29 is 19.0 Å². The van der Waals surface area contributed by atoms with Crippen molar-refractivity contribution in [3.63, 3.8) is 0 Å². The minimum Gasteiger partial charge on any atom is -0.497 e. The number of hydrogen-bond donors (Lipinski definition) is 0. The van der Waals surface area contributed by atoms with Crippen LogP contribution in [0.5, 0.6) is 17.2 Å². The summed E-state index contributed by atoms with van der Waals surface area (Å²) in [5.41, 5.74) is 2.79. The van der Waals surface area contributed by atoms with Crippen molar-refractivity contribution in [1.82, 2.24) is 9.13 Å². The van der Waals surface area contributed by atoms with Crippen LogP contribution in [0.1, 0.15) is 23.5 Å². The van der Waals surface area contributed by atoms with E-state index in [1.807, 2.05) is 54.2 Å². The predicted molar refractivity (Wildman–Crippen MR) is 117 cm³/mol. The second-order valence-corrected chi connectivity index (χ2v) is 7.77. The van der Waals surface area contributed by atoms with Crippen molar-refractivity contribution in [1.29, 1.82) is 0 Å². The molecule has 7 heteroatoms. The molecule has 3 heterocycles. The third-order valence-corrected chi connectivity index (χ3v) is 6.11. The highest BCUT2D eigenvalue weighted by molar-refractivity contribution is 5.96. The maximum Gasteiger partial charge on any atom is 0.312 e. The van der Waals surface area contributed by atoms with E-state index in [-0.39, 0.29) is 17.9 Å². The molecule has 4 aromatic rings. The summed E-state index contributed by atoms with van der Waals surface area (Å²) in [6.07, 6.45) is 2.03. The number of benzene rings is 2. The number of fused-ring (bicyclic) bond motifs is 4. The van der Waals surface area contributed by atoms with Crippen LogP contribution < -0.4 is 19.8 Å². The molecule has 158 valence electrons. The zero-order valence-electron chi connectivity index (χ0n) is 17.8. The number of aryl methyl sites for hydroxylation is 2. The van der Waals surface area contributed by atoms with Gasteiger partial charge in [-0.1, -0.05) is 12.1 Å². The quantitative estimate of drug-likeness (QED) is 0.477. The molecule has 0 aliphatic carbocycles. The number of aromatic nitrogens is 2. The van der Waals surface area contributed by atoms with Crippen molar-refractivity contribution in [2.75, 3.05) is 14.2 Å². The highest BCUT2D eigenvalue weighted by atomic mass is 16.5. The average molecular weight is 418 g/mol. The molecule has 0 amide bonds. The SMILES string of the molecule is COc1cc(OC)c2c([C@H]3CC(=O)Oc4c3c(=O)n(C)c3ccccc43)cn(C)c2c1. The fourth-order valence-corrected chi connectivity index (χ4v) is 4.63. The Morgan fingerprint density at radius 3 is 2.55 bits per heavy atom. The summed E-state index contributed by atoms with van der Waals surface area (Å²) in [4.78, 5) is 26.1. The topological polar surface area (TPSA) is 71.7 Å². The van der Waals surface area contributed by atoms with Crippen LogP contribution in [0.2, 0.25) is 0 Å². The maximum atomic E-state index is 13.4. The van der Waals surface area contributed by atoms with E-state index >= 15 is 0 Å². The number of ether oxygens (including phenoxy) is 3. The molecule has 1 atom stereocenters. The summed E-state index contributed by atoms with van der Waals surface area (Å²) < 4.78 is 20.3. The lowest BCUT2D eigenvalue weighted by Crippen LogP contribution is -2.31. The highest BCUT2D eigenvalue weighted by Crippen LogP contribution is 2.45. The van der Waals surface area contributed by atoms with Gasteiger partial charge in [-0.25, -0.2) is 0 Å². The maximum absolute atomic E-state index is 13.4. The Bertz CT molecular complexity index is 1430. The zero-order chi connectivity index (χ0) is 21.9. The number of carbonyl (C=O) groups excluding carboxylic acids is 1. The smallest absolute Gasteiger partial charge is 0.312 e. The normalized spacial score (nSPS) is 15.7. The Morgan fingerprint density at radius 1 is 1.03 bits per heavy atom. The first-order chi connectivity index (χ1) is 14.9. The van der Waals surface area contributed by atoms with E-state index in [4.69, 9.17) is 14.2 Å². The van der Waals surface area contributed by atoms with E-state index in [1.165, 1.54) is 0 Å². The molecule has 1 aliphatic heterocycles. The van der Waals surface area contributed by atoms with Gasteiger partial charge in [0.05, 0.1) is 37.2 Å². The van der Waals surface area contributed by atoms with Gasteiger partial charge in [0.15, 0.2) is 0 Å². The lowest BCUT2D eigenvalue weighted by Gasteiger charge is -2.26. The van der Waals surface area contributed by atoms with Crippen LogP contribution in [-0.4, -0.2) is 29.3 Å². The lowest BCUT2D eigenvalue weighted by atomic mass is 9.85. The molecule has 0 saturated carbocycles. The van der Waals surface area contributed by atoms with E-state index < -0.39 is 5.92 Å². The molecule has 0 unspecified atom stereocenters. The predicted octanol–water partition coefficient (Wildman–Crippen LogP) is 3.49. The number of rotatable bonds is 3. The fraction of sp³-hybridized carbons (Fsp3) is 0.250. The number of hydrogen-bond acceptors (Lipinski definition) is 5. The monoisotopic (exact) mass is 418 g/mol. The first-order valence-electron chi connectivity index (χ1n) is 9.97. The number of para-hydroxylation sites is 1. The molecule has 1 aliphatic rings. The summed E-state index contributed by atoms with van der Waals surface area (Å²) in [6, 6.07) is 11.2. The Balaban J connectivity index is 1.86. The second-order valence-electron chi connectivity index (χ2n) is 7.77. The molecule has 7 nitrogen and oxygen atoms in total. The van der Waals surface area contributed by atoms with Crippen molar-refractivity contribution in [3.05, 3.63) is 64.1 Å². The molecule has 0 saturated heterocycles. The average Bonchev–Trinajstić information content (AvgIpc) is 3.12. The van der Waals surface area contributed by atoms with Gasteiger partial charge in [0.25, 0.3) is 5.56 Å². The first kappa shape index (κ1) is 19.2. The Labute approximate surface area is 178 Å². The van der Waals surface area contributed by atoms with Gasteiger partial charge in [-0.3, -0.25) is 9.59 Å². The van der Waals surface area contributed by atoms with Crippen LogP contribution in [0.25, 0.3) is 21.8 Å². The third-order valence-electron chi connectivity index (χ3n) is 6.11. The Morgan fingerprint density at radius 2 is 1.81 bits per heavy atom. The minimum atomic E-state index is -0.453. The van der Waals surface area contributed by atoms with Gasteiger partial charge in [0.2, 0.25) is 0 Å². The number of methoxy groups -OCH3 is 2. The van der Waals surface area contributed by atoms with Crippen molar-refractivity contribution >= 4 is 27.8 Å². The van der Waals surface area contributed by atoms with Crippen LogP contribution in [0.3, 0.4) is 0 Å². The van der Waals surface area contributed by atoms with Gasteiger partial charge in [-0.05, 0) is 17.7 Å². The summed E-state index contributed by atoms with van der Waals surface area (Å²) in [7, 11) is 6.87. The summed E-state index contributed by atoms with van der Waals surface area (Å²) in [5, 5.41) is 1.60. The summed E-state index contributed by atoms with van der Waals surface area (Å²) in [5.74, 6) is 0.834. The summed E-state index contributed by atoms with van der Waals surface area (Å²) >= 11 is 0. The zero-order valence-corrected chi connectivity index (χ0v) is 17.8. The molecule has 31 heavy (non-hydrogen) atoms. The molecule has 0 bridgehead atoms. The molecule has 0 radical (unpaired) electrons. The van der Waals surface area contributed by atoms with Crippen molar-refractivity contribution in [3.8, 4) is 17.2 Å². The van der Waals surface area contributed by atoms with Gasteiger partial charge < -0.3 is 23.3 Å². The molecular formula is C24H22N2O5. The van der Waals surface area contributed by atoms with Crippen LogP contribution in [0, 0.1) is 0 Å². The molecule has 0 fully saturated rings.